The second kappa shape index (κ2) is 5.17. The van der Waals surface area contributed by atoms with Gasteiger partial charge in [-0.3, -0.25) is 9.69 Å². The molecule has 0 unspecified atom stereocenters. The highest BCUT2D eigenvalue weighted by molar-refractivity contribution is 7.91. The first-order valence-corrected chi connectivity index (χ1v) is 8.47. The number of carboxylic acid groups (broad SMARTS) is 1. The van der Waals surface area contributed by atoms with E-state index in [-0.39, 0.29) is 11.5 Å². The highest BCUT2D eigenvalue weighted by Crippen LogP contribution is 2.33. The van der Waals surface area contributed by atoms with Crippen LogP contribution in [0.15, 0.2) is 0 Å². The molecule has 0 spiro atoms. The minimum Gasteiger partial charge on any atom is -0.480 e. The molecule has 1 aliphatic heterocycles. The molecule has 1 saturated heterocycles. The van der Waals surface area contributed by atoms with Gasteiger partial charge in [-0.05, 0) is 12.8 Å². The highest BCUT2D eigenvalue weighted by atomic mass is 32.2. The van der Waals surface area contributed by atoms with Crippen LogP contribution in [0, 0.1) is 0 Å². The number of hydrogen-bond acceptors (Lipinski definition) is 4. The zero-order valence-corrected chi connectivity index (χ0v) is 11.4. The van der Waals surface area contributed by atoms with Crippen LogP contribution in [-0.4, -0.2) is 54.5 Å². The quantitative estimate of drug-likeness (QED) is 0.758. The van der Waals surface area contributed by atoms with Gasteiger partial charge in [0.2, 0.25) is 0 Å². The number of sulfone groups is 1. The van der Waals surface area contributed by atoms with Crippen molar-refractivity contribution in [2.45, 2.75) is 44.1 Å². The first kappa shape index (κ1) is 13.8. The van der Waals surface area contributed by atoms with Gasteiger partial charge in [0, 0.05) is 13.1 Å². The Kier molecular flexibility index (Phi) is 3.96. The largest absolute Gasteiger partial charge is 0.480 e. The predicted octanol–water partition coefficient (Wildman–Crippen LogP) is 0.894. The summed E-state index contributed by atoms with van der Waals surface area (Å²) in [6.45, 7) is 0.739. The number of carboxylic acids is 1. The van der Waals surface area contributed by atoms with Gasteiger partial charge in [-0.2, -0.15) is 0 Å². The molecule has 0 bridgehead atoms. The van der Waals surface area contributed by atoms with Crippen LogP contribution in [0.1, 0.15) is 38.5 Å². The van der Waals surface area contributed by atoms with Crippen molar-refractivity contribution < 1.29 is 18.3 Å². The summed E-state index contributed by atoms with van der Waals surface area (Å²) in [5, 5.41) is 9.60. The third kappa shape index (κ3) is 2.69. The van der Waals surface area contributed by atoms with E-state index >= 15 is 0 Å². The van der Waals surface area contributed by atoms with E-state index in [4.69, 9.17) is 0 Å². The minimum absolute atomic E-state index is 0.0992. The molecule has 1 aliphatic carbocycles. The van der Waals surface area contributed by atoms with Crippen LogP contribution >= 0.6 is 0 Å². The molecule has 2 rings (SSSR count). The summed E-state index contributed by atoms with van der Waals surface area (Å²) in [4.78, 5) is 13.6. The van der Waals surface area contributed by atoms with Crippen LogP contribution in [0.25, 0.3) is 0 Å². The highest BCUT2D eigenvalue weighted by Gasteiger charge is 2.45. The second-order valence-electron chi connectivity index (χ2n) is 5.39. The van der Waals surface area contributed by atoms with Crippen LogP contribution in [-0.2, 0) is 14.6 Å². The fourth-order valence-electron chi connectivity index (χ4n) is 3.12. The van der Waals surface area contributed by atoms with Crippen molar-refractivity contribution in [2.24, 2.45) is 0 Å². The lowest BCUT2D eigenvalue weighted by molar-refractivity contribution is -0.152. The van der Waals surface area contributed by atoms with Crippen LogP contribution in [0.3, 0.4) is 0 Å². The Morgan fingerprint density at radius 2 is 1.50 bits per heavy atom. The van der Waals surface area contributed by atoms with E-state index in [2.05, 4.69) is 0 Å². The Balaban J connectivity index is 2.17. The van der Waals surface area contributed by atoms with Crippen LogP contribution in [0.5, 0.6) is 0 Å². The van der Waals surface area contributed by atoms with E-state index in [0.717, 1.165) is 25.7 Å². The lowest BCUT2D eigenvalue weighted by Crippen LogP contribution is -2.58. The molecule has 2 fully saturated rings. The van der Waals surface area contributed by atoms with Crippen LogP contribution in [0.4, 0.5) is 0 Å². The van der Waals surface area contributed by atoms with Gasteiger partial charge in [-0.25, -0.2) is 8.42 Å². The first-order valence-electron chi connectivity index (χ1n) is 6.65. The molecule has 1 saturated carbocycles. The van der Waals surface area contributed by atoms with Crippen LogP contribution < -0.4 is 0 Å². The maximum absolute atomic E-state index is 11.7. The number of aliphatic carboxylic acids is 1. The zero-order chi connectivity index (χ0) is 13.2. The lowest BCUT2D eigenvalue weighted by atomic mass is 9.88. The Bertz CT molecular complexity index is 396. The van der Waals surface area contributed by atoms with Gasteiger partial charge in [0.05, 0.1) is 11.5 Å². The summed E-state index contributed by atoms with van der Waals surface area (Å²) in [7, 11) is -2.95. The van der Waals surface area contributed by atoms with Gasteiger partial charge < -0.3 is 5.11 Å². The second-order valence-corrected chi connectivity index (χ2v) is 7.69. The SMILES string of the molecule is O=C(O)C1(N2CCS(=O)(=O)CC2)CCCCCC1. The van der Waals surface area contributed by atoms with E-state index in [1.807, 2.05) is 4.90 Å². The summed E-state index contributed by atoms with van der Waals surface area (Å²) in [5.74, 6) is -0.576. The summed E-state index contributed by atoms with van der Waals surface area (Å²) in [6, 6.07) is 0. The molecule has 5 nitrogen and oxygen atoms in total. The van der Waals surface area contributed by atoms with Crippen molar-refractivity contribution in [3.8, 4) is 0 Å². The van der Waals surface area contributed by atoms with Gasteiger partial charge in [0.15, 0.2) is 9.84 Å². The monoisotopic (exact) mass is 275 g/mol. The molecule has 2 aliphatic rings. The van der Waals surface area contributed by atoms with Crippen molar-refractivity contribution in [3.63, 3.8) is 0 Å². The topological polar surface area (TPSA) is 74.7 Å². The van der Waals surface area contributed by atoms with Gasteiger partial charge in [0.1, 0.15) is 5.54 Å². The minimum atomic E-state index is -2.95. The van der Waals surface area contributed by atoms with E-state index in [9.17, 15) is 18.3 Å². The van der Waals surface area contributed by atoms with Gasteiger partial charge in [-0.15, -0.1) is 0 Å². The fourth-order valence-corrected chi connectivity index (χ4v) is 4.32. The van der Waals surface area contributed by atoms with Crippen molar-refractivity contribution in [3.05, 3.63) is 0 Å². The van der Waals surface area contributed by atoms with Gasteiger partial charge in [0.25, 0.3) is 0 Å². The number of rotatable bonds is 2. The number of nitrogens with zero attached hydrogens (tertiary/aromatic N) is 1. The van der Waals surface area contributed by atoms with Crippen molar-refractivity contribution in [1.82, 2.24) is 4.90 Å². The Morgan fingerprint density at radius 1 is 1.00 bits per heavy atom. The molecule has 1 N–H and O–H groups in total. The third-order valence-electron chi connectivity index (χ3n) is 4.28. The van der Waals surface area contributed by atoms with Crippen LogP contribution in [0.2, 0.25) is 0 Å². The molecule has 0 atom stereocenters. The lowest BCUT2D eigenvalue weighted by Gasteiger charge is -2.42. The van der Waals surface area contributed by atoms with E-state index < -0.39 is 21.3 Å². The van der Waals surface area contributed by atoms with E-state index in [0.29, 0.717) is 25.9 Å². The van der Waals surface area contributed by atoms with Crippen molar-refractivity contribution in [2.75, 3.05) is 24.6 Å². The third-order valence-corrected chi connectivity index (χ3v) is 5.89. The molecule has 0 amide bonds. The van der Waals surface area contributed by atoms with Crippen molar-refractivity contribution in [1.29, 1.82) is 0 Å². The van der Waals surface area contributed by atoms with Crippen molar-refractivity contribution >= 4 is 15.8 Å². The average Bonchev–Trinajstić information content (AvgIpc) is 2.55. The molecule has 0 radical (unpaired) electrons. The molecule has 6 heteroatoms. The molecular weight excluding hydrogens is 254 g/mol. The molecule has 0 aromatic rings. The molecule has 18 heavy (non-hydrogen) atoms. The Hall–Kier alpha value is -0.620. The number of carbonyl (C=O) groups is 1. The molecule has 0 aromatic carbocycles. The van der Waals surface area contributed by atoms with E-state index in [1.165, 1.54) is 0 Å². The smallest absolute Gasteiger partial charge is 0.324 e. The Labute approximate surface area is 108 Å². The van der Waals surface area contributed by atoms with Gasteiger partial charge in [-0.1, -0.05) is 25.7 Å². The predicted molar refractivity (Wildman–Crippen MR) is 68.3 cm³/mol. The summed E-state index contributed by atoms with van der Waals surface area (Å²) in [6.07, 6.45) is 5.33. The molecule has 1 heterocycles. The zero-order valence-electron chi connectivity index (χ0n) is 10.6. The summed E-state index contributed by atoms with van der Waals surface area (Å²) >= 11 is 0. The average molecular weight is 275 g/mol. The summed E-state index contributed by atoms with van der Waals surface area (Å²) < 4.78 is 22.9. The molecule has 104 valence electrons. The standard InChI is InChI=1S/C12H21NO4S/c14-11(15)12(5-3-1-2-4-6-12)13-7-9-18(16,17)10-8-13/h1-10H2,(H,14,15). The Morgan fingerprint density at radius 3 is 1.94 bits per heavy atom. The van der Waals surface area contributed by atoms with E-state index in [1.54, 1.807) is 0 Å². The number of hydrogen-bond donors (Lipinski definition) is 1. The molecule has 0 aromatic heterocycles. The maximum Gasteiger partial charge on any atom is 0.324 e. The first-order chi connectivity index (χ1) is 8.46. The molecular formula is C12H21NO4S. The maximum atomic E-state index is 11.7. The summed E-state index contributed by atoms with van der Waals surface area (Å²) in [5.41, 5.74) is -0.813. The normalized spacial score (nSPS) is 28.4. The fraction of sp³-hybridized carbons (Fsp3) is 0.917. The van der Waals surface area contributed by atoms with Gasteiger partial charge >= 0.3 is 5.97 Å².